The molecule has 15 heavy (non-hydrogen) atoms. The Morgan fingerprint density at radius 1 is 1.20 bits per heavy atom. The molecule has 1 atom stereocenters. The highest BCUT2D eigenvalue weighted by atomic mass is 32.2. The number of sulfone groups is 1. The number of rotatable bonds is 1. The highest BCUT2D eigenvalue weighted by Gasteiger charge is 2.48. The van der Waals surface area contributed by atoms with E-state index >= 15 is 0 Å². The number of hydrogen-bond acceptors (Lipinski definition) is 3. The van der Waals surface area contributed by atoms with E-state index in [1.807, 2.05) is 0 Å². The van der Waals surface area contributed by atoms with Crippen LogP contribution in [-0.4, -0.2) is 38.9 Å². The molecular formula is C9H15F2NO2S. The lowest BCUT2D eigenvalue weighted by atomic mass is 9.85. The fourth-order valence-corrected chi connectivity index (χ4v) is 4.02. The zero-order valence-corrected chi connectivity index (χ0v) is 9.19. The van der Waals surface area contributed by atoms with Gasteiger partial charge in [-0.3, -0.25) is 0 Å². The van der Waals surface area contributed by atoms with Crippen molar-refractivity contribution in [3.8, 4) is 0 Å². The second-order valence-electron chi connectivity index (χ2n) is 4.49. The third-order valence-electron chi connectivity index (χ3n) is 3.44. The minimum Gasteiger partial charge on any atom is -0.311 e. The topological polar surface area (TPSA) is 46.2 Å². The first kappa shape index (κ1) is 11.3. The van der Waals surface area contributed by atoms with Crippen LogP contribution >= 0.6 is 0 Å². The fourth-order valence-electron chi connectivity index (χ4n) is 2.50. The van der Waals surface area contributed by atoms with Crippen LogP contribution in [0, 0.1) is 11.8 Å². The summed E-state index contributed by atoms with van der Waals surface area (Å²) in [6.07, 6.45) is 0.786. The smallest absolute Gasteiger partial charge is 0.264 e. The van der Waals surface area contributed by atoms with Gasteiger partial charge in [0.25, 0.3) is 5.92 Å². The molecule has 0 spiro atoms. The van der Waals surface area contributed by atoms with Gasteiger partial charge in [-0.1, -0.05) is 0 Å². The van der Waals surface area contributed by atoms with E-state index in [2.05, 4.69) is 5.32 Å². The monoisotopic (exact) mass is 239 g/mol. The van der Waals surface area contributed by atoms with Crippen LogP contribution in [0.2, 0.25) is 0 Å². The van der Waals surface area contributed by atoms with Crippen molar-refractivity contribution >= 4 is 9.84 Å². The third-order valence-corrected chi connectivity index (χ3v) is 5.15. The van der Waals surface area contributed by atoms with Gasteiger partial charge in [-0.25, -0.2) is 17.2 Å². The molecule has 88 valence electrons. The van der Waals surface area contributed by atoms with E-state index in [9.17, 15) is 17.2 Å². The Kier molecular flexibility index (Phi) is 2.75. The maximum atomic E-state index is 13.4. The van der Waals surface area contributed by atoms with Crippen LogP contribution in [0.1, 0.15) is 12.8 Å². The van der Waals surface area contributed by atoms with E-state index in [4.69, 9.17) is 0 Å². The van der Waals surface area contributed by atoms with E-state index in [0.29, 0.717) is 19.4 Å². The number of nitrogens with one attached hydrogen (secondary N) is 1. The van der Waals surface area contributed by atoms with Gasteiger partial charge in [-0.2, -0.15) is 0 Å². The van der Waals surface area contributed by atoms with Gasteiger partial charge in [-0.05, 0) is 18.8 Å². The highest BCUT2D eigenvalue weighted by molar-refractivity contribution is 7.91. The van der Waals surface area contributed by atoms with Crippen molar-refractivity contribution in [1.29, 1.82) is 0 Å². The second-order valence-corrected chi connectivity index (χ2v) is 6.79. The lowest BCUT2D eigenvalue weighted by Gasteiger charge is -2.30. The van der Waals surface area contributed by atoms with Crippen LogP contribution in [0.15, 0.2) is 0 Å². The first-order chi connectivity index (χ1) is 6.91. The molecular weight excluding hydrogens is 224 g/mol. The van der Waals surface area contributed by atoms with Crippen LogP contribution in [0.25, 0.3) is 0 Å². The standard InChI is InChI=1S/C9H15F2NO2S/c10-9(11)6-12-5-8(9)7-1-3-15(13,14)4-2-7/h7-8,12H,1-6H2. The molecule has 0 aromatic rings. The van der Waals surface area contributed by atoms with E-state index < -0.39 is 21.7 Å². The predicted octanol–water partition coefficient (Wildman–Crippen LogP) is 0.666. The summed E-state index contributed by atoms with van der Waals surface area (Å²) in [6.45, 7) is 0.0542. The molecule has 0 bridgehead atoms. The van der Waals surface area contributed by atoms with Crippen molar-refractivity contribution < 1.29 is 17.2 Å². The van der Waals surface area contributed by atoms with Gasteiger partial charge in [-0.15, -0.1) is 0 Å². The quantitative estimate of drug-likeness (QED) is 0.731. The molecule has 0 aromatic heterocycles. The van der Waals surface area contributed by atoms with Gasteiger partial charge in [0.2, 0.25) is 0 Å². The van der Waals surface area contributed by atoms with Crippen molar-refractivity contribution in [3.63, 3.8) is 0 Å². The van der Waals surface area contributed by atoms with Gasteiger partial charge in [0.1, 0.15) is 9.84 Å². The molecule has 0 aliphatic carbocycles. The maximum Gasteiger partial charge on any atom is 0.264 e. The van der Waals surface area contributed by atoms with Crippen molar-refractivity contribution in [2.45, 2.75) is 18.8 Å². The minimum atomic E-state index is -2.95. The Labute approximate surface area is 88.2 Å². The van der Waals surface area contributed by atoms with Crippen LogP contribution in [0.5, 0.6) is 0 Å². The van der Waals surface area contributed by atoms with Crippen molar-refractivity contribution in [3.05, 3.63) is 0 Å². The summed E-state index contributed by atoms with van der Waals surface area (Å²) in [5.74, 6) is -3.33. The van der Waals surface area contributed by atoms with E-state index in [1.165, 1.54) is 0 Å². The summed E-state index contributed by atoms with van der Waals surface area (Å²) >= 11 is 0. The molecule has 1 N–H and O–H groups in total. The number of halogens is 2. The molecule has 2 aliphatic heterocycles. The molecule has 0 radical (unpaired) electrons. The third kappa shape index (κ3) is 2.30. The summed E-state index contributed by atoms with van der Waals surface area (Å²) in [4.78, 5) is 0. The second kappa shape index (κ2) is 3.66. The van der Waals surface area contributed by atoms with Crippen molar-refractivity contribution in [2.24, 2.45) is 11.8 Å². The number of hydrogen-bond donors (Lipinski definition) is 1. The molecule has 3 nitrogen and oxygen atoms in total. The largest absolute Gasteiger partial charge is 0.311 e. The zero-order chi connectivity index (χ0) is 11.1. The van der Waals surface area contributed by atoms with Gasteiger partial charge in [0.05, 0.1) is 18.1 Å². The normalized spacial score (nSPS) is 35.5. The highest BCUT2D eigenvalue weighted by Crippen LogP contribution is 2.38. The van der Waals surface area contributed by atoms with Crippen LogP contribution in [0.4, 0.5) is 8.78 Å². The Morgan fingerprint density at radius 2 is 1.80 bits per heavy atom. The van der Waals surface area contributed by atoms with Crippen LogP contribution < -0.4 is 5.32 Å². The predicted molar refractivity (Wildman–Crippen MR) is 52.7 cm³/mol. The lowest BCUT2D eigenvalue weighted by molar-refractivity contribution is -0.0447. The zero-order valence-electron chi connectivity index (χ0n) is 8.38. The molecule has 2 rings (SSSR count). The fraction of sp³-hybridized carbons (Fsp3) is 1.00. The van der Waals surface area contributed by atoms with E-state index in [0.717, 1.165) is 0 Å². The molecule has 2 fully saturated rings. The van der Waals surface area contributed by atoms with E-state index in [-0.39, 0.29) is 24.0 Å². The first-order valence-corrected chi connectivity index (χ1v) is 7.02. The molecule has 1 unspecified atom stereocenters. The Hall–Kier alpha value is -0.230. The van der Waals surface area contributed by atoms with Gasteiger partial charge >= 0.3 is 0 Å². The van der Waals surface area contributed by atoms with Gasteiger partial charge < -0.3 is 5.32 Å². The summed E-state index contributed by atoms with van der Waals surface area (Å²) in [5, 5.41) is 2.68. The molecule has 0 amide bonds. The lowest BCUT2D eigenvalue weighted by Crippen LogP contribution is -2.37. The van der Waals surface area contributed by atoms with Crippen LogP contribution in [-0.2, 0) is 9.84 Å². The SMILES string of the molecule is O=S1(=O)CCC(C2CNCC2(F)F)CC1. The van der Waals surface area contributed by atoms with Crippen LogP contribution in [0.3, 0.4) is 0 Å². The molecule has 6 heteroatoms. The summed E-state index contributed by atoms with van der Waals surface area (Å²) in [6, 6.07) is 0. The molecule has 2 aliphatic rings. The molecule has 0 saturated carbocycles. The summed E-state index contributed by atoms with van der Waals surface area (Å²) in [5.41, 5.74) is 0. The molecule has 2 heterocycles. The van der Waals surface area contributed by atoms with E-state index in [1.54, 1.807) is 0 Å². The Bertz CT molecular complexity index is 328. The summed E-state index contributed by atoms with van der Waals surface area (Å²) in [7, 11) is -2.95. The Morgan fingerprint density at radius 3 is 2.27 bits per heavy atom. The van der Waals surface area contributed by atoms with Gasteiger partial charge in [0.15, 0.2) is 0 Å². The minimum absolute atomic E-state index is 0.0737. The first-order valence-electron chi connectivity index (χ1n) is 5.20. The molecule has 0 aromatic carbocycles. The van der Waals surface area contributed by atoms with Gasteiger partial charge in [0, 0.05) is 12.5 Å². The van der Waals surface area contributed by atoms with Crippen molar-refractivity contribution in [1.82, 2.24) is 5.32 Å². The Balaban J connectivity index is 2.02. The average molecular weight is 239 g/mol. The maximum absolute atomic E-state index is 13.4. The average Bonchev–Trinajstić information content (AvgIpc) is 2.46. The van der Waals surface area contributed by atoms with Crippen molar-refractivity contribution in [2.75, 3.05) is 24.6 Å². The summed E-state index contributed by atoms with van der Waals surface area (Å²) < 4.78 is 49.1. The molecule has 2 saturated heterocycles. The number of alkyl halides is 2.